The zero-order chi connectivity index (χ0) is 21.1. The van der Waals surface area contributed by atoms with Crippen molar-refractivity contribution in [2.24, 2.45) is 7.05 Å². The number of ether oxygens (including phenoxy) is 1. The molecular weight excluding hydrogens is 389 g/mol. The molecule has 2 aromatic heterocycles. The normalized spacial score (nSPS) is 10.8. The Morgan fingerprint density at radius 2 is 2.00 bits per heavy atom. The molecule has 1 amide bonds. The number of aryl methyl sites for hydroxylation is 2. The van der Waals surface area contributed by atoms with Crippen LogP contribution in [0.25, 0.3) is 5.69 Å². The van der Waals surface area contributed by atoms with Crippen LogP contribution in [0.3, 0.4) is 0 Å². The van der Waals surface area contributed by atoms with Crippen molar-refractivity contribution in [2.45, 2.75) is 13.5 Å². The largest absolute Gasteiger partial charge is 0.486 e. The number of amides is 1. The van der Waals surface area contributed by atoms with Crippen LogP contribution >= 0.6 is 0 Å². The Balaban J connectivity index is 1.45. The number of tetrazole rings is 1. The fourth-order valence-corrected chi connectivity index (χ4v) is 2.79. The van der Waals surface area contributed by atoms with Crippen LogP contribution in [0, 0.1) is 12.7 Å². The molecule has 2 heterocycles. The molecule has 0 radical (unpaired) electrons. The Kier molecular flexibility index (Phi) is 5.21. The van der Waals surface area contributed by atoms with Gasteiger partial charge in [0.15, 0.2) is 5.82 Å². The highest BCUT2D eigenvalue weighted by molar-refractivity contribution is 6.04. The monoisotopic (exact) mass is 407 g/mol. The summed E-state index contributed by atoms with van der Waals surface area (Å²) in [6.45, 7) is 2.03. The summed E-state index contributed by atoms with van der Waals surface area (Å²) in [6, 6.07) is 10.8. The SMILES string of the molecule is Cc1nnnn1-c1ccc(F)c(NC(=O)c2ccc(OCc3nccn3C)cc2)c1. The van der Waals surface area contributed by atoms with E-state index in [1.807, 2.05) is 17.8 Å². The Hall–Kier alpha value is -4.08. The van der Waals surface area contributed by atoms with E-state index in [-0.39, 0.29) is 5.69 Å². The molecule has 0 saturated carbocycles. The van der Waals surface area contributed by atoms with E-state index < -0.39 is 11.7 Å². The first-order valence-corrected chi connectivity index (χ1v) is 9.06. The van der Waals surface area contributed by atoms with Crippen molar-refractivity contribution in [1.29, 1.82) is 0 Å². The van der Waals surface area contributed by atoms with Crippen molar-refractivity contribution in [3.05, 3.63) is 77.9 Å². The molecular formula is C20H18FN7O2. The Morgan fingerprint density at radius 1 is 1.20 bits per heavy atom. The zero-order valence-corrected chi connectivity index (χ0v) is 16.3. The fraction of sp³-hybridized carbons (Fsp3) is 0.150. The predicted molar refractivity (Wildman–Crippen MR) is 106 cm³/mol. The average Bonchev–Trinajstić information content (AvgIpc) is 3.36. The summed E-state index contributed by atoms with van der Waals surface area (Å²) >= 11 is 0. The summed E-state index contributed by atoms with van der Waals surface area (Å²) in [4.78, 5) is 16.7. The van der Waals surface area contributed by atoms with Crippen molar-refractivity contribution in [3.8, 4) is 11.4 Å². The Bertz CT molecular complexity index is 1180. The van der Waals surface area contributed by atoms with E-state index >= 15 is 0 Å². The van der Waals surface area contributed by atoms with Gasteiger partial charge in [0, 0.05) is 25.0 Å². The minimum absolute atomic E-state index is 0.0301. The number of hydrogen-bond acceptors (Lipinski definition) is 6. The minimum Gasteiger partial charge on any atom is -0.486 e. The van der Waals surface area contributed by atoms with Gasteiger partial charge in [0.05, 0.1) is 11.4 Å². The van der Waals surface area contributed by atoms with E-state index in [0.29, 0.717) is 29.4 Å². The van der Waals surface area contributed by atoms with Crippen LogP contribution in [0.15, 0.2) is 54.9 Å². The van der Waals surface area contributed by atoms with Crippen molar-refractivity contribution in [2.75, 3.05) is 5.32 Å². The number of halogens is 1. The van der Waals surface area contributed by atoms with Crippen LogP contribution in [0.5, 0.6) is 5.75 Å². The van der Waals surface area contributed by atoms with Gasteiger partial charge in [0.2, 0.25) is 0 Å². The van der Waals surface area contributed by atoms with Gasteiger partial charge in [-0.25, -0.2) is 9.37 Å². The smallest absolute Gasteiger partial charge is 0.255 e. The van der Waals surface area contributed by atoms with Crippen LogP contribution in [0.2, 0.25) is 0 Å². The third kappa shape index (κ3) is 4.02. The highest BCUT2D eigenvalue weighted by Gasteiger charge is 2.13. The summed E-state index contributed by atoms with van der Waals surface area (Å²) < 4.78 is 23.2. The molecule has 152 valence electrons. The number of hydrogen-bond donors (Lipinski definition) is 1. The molecule has 4 aromatic rings. The van der Waals surface area contributed by atoms with Gasteiger partial charge in [-0.15, -0.1) is 5.10 Å². The summed E-state index contributed by atoms with van der Waals surface area (Å²) in [7, 11) is 1.88. The second kappa shape index (κ2) is 8.11. The topological polar surface area (TPSA) is 99.8 Å². The van der Waals surface area contributed by atoms with Crippen LogP contribution in [0.1, 0.15) is 22.0 Å². The molecule has 2 aromatic carbocycles. The molecule has 0 fully saturated rings. The van der Waals surface area contributed by atoms with Gasteiger partial charge in [0.25, 0.3) is 5.91 Å². The number of carbonyl (C=O) groups is 1. The number of nitrogens with zero attached hydrogens (tertiary/aromatic N) is 6. The molecule has 0 atom stereocenters. The maximum atomic E-state index is 14.2. The average molecular weight is 407 g/mol. The summed E-state index contributed by atoms with van der Waals surface area (Å²) in [5.41, 5.74) is 0.928. The van der Waals surface area contributed by atoms with Crippen molar-refractivity contribution >= 4 is 11.6 Å². The number of aromatic nitrogens is 6. The summed E-state index contributed by atoms with van der Waals surface area (Å²) in [5, 5.41) is 13.8. The maximum absolute atomic E-state index is 14.2. The number of carbonyl (C=O) groups excluding carboxylic acids is 1. The first kappa shape index (κ1) is 19.2. The molecule has 10 heteroatoms. The van der Waals surface area contributed by atoms with Gasteiger partial charge >= 0.3 is 0 Å². The number of rotatable bonds is 6. The lowest BCUT2D eigenvalue weighted by molar-refractivity contribution is 0.102. The first-order valence-electron chi connectivity index (χ1n) is 9.06. The van der Waals surface area contributed by atoms with Crippen molar-refractivity contribution in [1.82, 2.24) is 29.8 Å². The van der Waals surface area contributed by atoms with E-state index in [1.54, 1.807) is 37.4 Å². The molecule has 0 spiro atoms. The molecule has 0 saturated heterocycles. The number of imidazole rings is 1. The lowest BCUT2D eigenvalue weighted by atomic mass is 10.2. The third-order valence-electron chi connectivity index (χ3n) is 4.47. The van der Waals surface area contributed by atoms with E-state index in [0.717, 1.165) is 5.82 Å². The molecule has 4 rings (SSSR count). The number of anilines is 1. The molecule has 1 N–H and O–H groups in total. The second-order valence-electron chi connectivity index (χ2n) is 6.52. The van der Waals surface area contributed by atoms with Crippen LogP contribution in [-0.4, -0.2) is 35.7 Å². The molecule has 0 aliphatic heterocycles. The first-order chi connectivity index (χ1) is 14.5. The van der Waals surface area contributed by atoms with E-state index in [4.69, 9.17) is 4.74 Å². The van der Waals surface area contributed by atoms with Crippen molar-refractivity contribution in [3.63, 3.8) is 0 Å². The van der Waals surface area contributed by atoms with Gasteiger partial charge < -0.3 is 14.6 Å². The lowest BCUT2D eigenvalue weighted by Gasteiger charge is -2.10. The van der Waals surface area contributed by atoms with E-state index in [1.165, 1.54) is 22.9 Å². The van der Waals surface area contributed by atoms with Gasteiger partial charge in [-0.3, -0.25) is 4.79 Å². The predicted octanol–water partition coefficient (Wildman–Crippen LogP) is 2.67. The number of benzene rings is 2. The fourth-order valence-electron chi connectivity index (χ4n) is 2.79. The third-order valence-corrected chi connectivity index (χ3v) is 4.47. The van der Waals surface area contributed by atoms with E-state index in [9.17, 15) is 9.18 Å². The minimum atomic E-state index is -0.562. The lowest BCUT2D eigenvalue weighted by Crippen LogP contribution is -2.13. The van der Waals surface area contributed by atoms with Gasteiger partial charge in [-0.1, -0.05) is 0 Å². The quantitative estimate of drug-likeness (QED) is 0.528. The van der Waals surface area contributed by atoms with Crippen LogP contribution in [0.4, 0.5) is 10.1 Å². The molecule has 0 unspecified atom stereocenters. The van der Waals surface area contributed by atoms with Gasteiger partial charge in [-0.05, 0) is 59.8 Å². The van der Waals surface area contributed by atoms with Gasteiger partial charge in [0.1, 0.15) is 24.0 Å². The Morgan fingerprint density at radius 3 is 2.67 bits per heavy atom. The maximum Gasteiger partial charge on any atom is 0.255 e. The molecule has 0 aliphatic carbocycles. The Labute approximate surface area is 171 Å². The zero-order valence-electron chi connectivity index (χ0n) is 16.3. The summed E-state index contributed by atoms with van der Waals surface area (Å²) in [5.74, 6) is 0.907. The molecule has 9 nitrogen and oxygen atoms in total. The molecule has 0 aliphatic rings. The van der Waals surface area contributed by atoms with Crippen LogP contribution in [-0.2, 0) is 13.7 Å². The standard InChI is InChI=1S/C20H18FN7O2/c1-13-24-25-26-28(13)15-5-8-17(21)18(11-15)23-20(29)14-3-6-16(7-4-14)30-12-19-22-9-10-27(19)2/h3-11H,12H2,1-2H3,(H,23,29). The highest BCUT2D eigenvalue weighted by atomic mass is 19.1. The van der Waals surface area contributed by atoms with Gasteiger partial charge in [-0.2, -0.15) is 4.68 Å². The van der Waals surface area contributed by atoms with Crippen molar-refractivity contribution < 1.29 is 13.9 Å². The van der Waals surface area contributed by atoms with Crippen LogP contribution < -0.4 is 10.1 Å². The second-order valence-corrected chi connectivity index (χ2v) is 6.52. The molecule has 0 bridgehead atoms. The molecule has 30 heavy (non-hydrogen) atoms. The summed E-state index contributed by atoms with van der Waals surface area (Å²) in [6.07, 6.45) is 3.53. The number of nitrogens with one attached hydrogen (secondary N) is 1. The highest BCUT2D eigenvalue weighted by Crippen LogP contribution is 2.21. The van der Waals surface area contributed by atoms with E-state index in [2.05, 4.69) is 25.8 Å².